The maximum atomic E-state index is 2.29. The van der Waals surface area contributed by atoms with Crippen LogP contribution in [0.2, 0.25) is 0 Å². The van der Waals surface area contributed by atoms with Gasteiger partial charge in [0.1, 0.15) is 0 Å². The van der Waals surface area contributed by atoms with Crippen LogP contribution in [0.1, 0.15) is 39.5 Å². The molecule has 0 bridgehead atoms. The minimum Gasteiger partial charge on any atom is -0.0843 e. The second-order valence-electron chi connectivity index (χ2n) is 3.11. The molecule has 0 aromatic carbocycles. The number of rotatable bonds is 0. The molecule has 0 saturated carbocycles. The first-order valence-electron chi connectivity index (χ1n) is 4.13. The molecule has 0 nitrogen and oxygen atoms in total. The predicted octanol–water partition coefficient (Wildman–Crippen LogP) is 3.45. The molecule has 0 fully saturated rings. The van der Waals surface area contributed by atoms with Crippen LogP contribution in [0.4, 0.5) is 0 Å². The Balaban J connectivity index is 0.000001000. The van der Waals surface area contributed by atoms with Gasteiger partial charge in [-0.3, -0.25) is 0 Å². The van der Waals surface area contributed by atoms with E-state index < -0.39 is 0 Å². The molecule has 0 spiro atoms. The maximum absolute atomic E-state index is 2.29. The number of hydrogen-bond donors (Lipinski definition) is 0. The van der Waals surface area contributed by atoms with Crippen LogP contribution in [0.15, 0.2) is 23.3 Å². The summed E-state index contributed by atoms with van der Waals surface area (Å²) < 4.78 is 0. The average molecular weight is 331 g/mol. The van der Waals surface area contributed by atoms with E-state index in [0.29, 0.717) is 0 Å². The van der Waals surface area contributed by atoms with Crippen molar-refractivity contribution >= 4 is 0 Å². The largest absolute Gasteiger partial charge is 0.0843 e. The first-order chi connectivity index (χ1) is 4.80. The molecule has 66 valence electrons. The molecule has 0 heterocycles. The minimum absolute atomic E-state index is 0. The van der Waals surface area contributed by atoms with Crippen molar-refractivity contribution in [3.8, 4) is 0 Å². The van der Waals surface area contributed by atoms with E-state index >= 15 is 0 Å². The zero-order valence-corrected chi connectivity index (χ0v) is 9.57. The molecule has 0 aliphatic heterocycles. The monoisotopic (exact) mass is 331 g/mol. The van der Waals surface area contributed by atoms with E-state index in [1.54, 1.807) is 5.57 Å². The topological polar surface area (TPSA) is 0 Å². The Morgan fingerprint density at radius 1 is 1.18 bits per heavy atom. The second kappa shape index (κ2) is 5.77. The Morgan fingerprint density at radius 3 is 2.64 bits per heavy atom. The third kappa shape index (κ3) is 3.91. The number of allylic oxidation sites excluding steroid dienone is 4. The Kier molecular flexibility index (Phi) is 5.86. The van der Waals surface area contributed by atoms with Crippen LogP contribution in [0, 0.1) is 0 Å². The Hall–Kier alpha value is 0.168. The quantitative estimate of drug-likeness (QED) is 0.638. The third-order valence-corrected chi connectivity index (χ3v) is 2.21. The summed E-state index contributed by atoms with van der Waals surface area (Å²) in [5.74, 6) is 0. The Bertz CT molecular complexity index is 166. The van der Waals surface area contributed by atoms with Gasteiger partial charge in [-0.2, -0.15) is 0 Å². The third-order valence-electron chi connectivity index (χ3n) is 2.21. The van der Waals surface area contributed by atoms with Gasteiger partial charge < -0.3 is 0 Å². The van der Waals surface area contributed by atoms with Gasteiger partial charge in [-0.25, -0.2) is 0 Å². The van der Waals surface area contributed by atoms with Crippen LogP contribution in [0.3, 0.4) is 0 Å². The molecule has 0 N–H and O–H groups in total. The summed E-state index contributed by atoms with van der Waals surface area (Å²) in [6.45, 7) is 4.45. The van der Waals surface area contributed by atoms with Crippen molar-refractivity contribution in [3.63, 3.8) is 0 Å². The first kappa shape index (κ1) is 11.2. The molecule has 1 aliphatic carbocycles. The van der Waals surface area contributed by atoms with Crippen molar-refractivity contribution in [2.45, 2.75) is 39.5 Å². The fraction of sp³-hybridized carbons (Fsp3) is 0.600. The van der Waals surface area contributed by atoms with Gasteiger partial charge in [0, 0.05) is 21.1 Å². The molecule has 1 heteroatoms. The van der Waals surface area contributed by atoms with Gasteiger partial charge in [-0.15, -0.1) is 0 Å². The van der Waals surface area contributed by atoms with E-state index in [1.807, 2.05) is 0 Å². The van der Waals surface area contributed by atoms with Crippen molar-refractivity contribution in [2.24, 2.45) is 0 Å². The van der Waals surface area contributed by atoms with E-state index in [1.165, 1.54) is 31.3 Å². The maximum Gasteiger partial charge on any atom is 0 e. The van der Waals surface area contributed by atoms with Crippen LogP contribution in [-0.2, 0) is 21.1 Å². The molecule has 0 aromatic heterocycles. The SMILES string of the molecule is CC1=C(\C)CCCC/C=C\1.[Pt]. The van der Waals surface area contributed by atoms with Crippen molar-refractivity contribution in [3.05, 3.63) is 23.3 Å². The van der Waals surface area contributed by atoms with Gasteiger partial charge in [0.25, 0.3) is 0 Å². The van der Waals surface area contributed by atoms with Gasteiger partial charge in [0.05, 0.1) is 0 Å². The molecule has 1 rings (SSSR count). The van der Waals surface area contributed by atoms with E-state index in [9.17, 15) is 0 Å². The summed E-state index contributed by atoms with van der Waals surface area (Å²) in [6, 6.07) is 0. The zero-order chi connectivity index (χ0) is 7.40. The average Bonchev–Trinajstić information content (AvgIpc) is 1.92. The summed E-state index contributed by atoms with van der Waals surface area (Å²) in [6.07, 6.45) is 9.85. The second-order valence-corrected chi connectivity index (χ2v) is 3.11. The van der Waals surface area contributed by atoms with Crippen molar-refractivity contribution in [1.82, 2.24) is 0 Å². The fourth-order valence-electron chi connectivity index (χ4n) is 1.25. The molecule has 0 saturated heterocycles. The summed E-state index contributed by atoms with van der Waals surface area (Å²) in [4.78, 5) is 0. The zero-order valence-electron chi connectivity index (χ0n) is 7.30. The van der Waals surface area contributed by atoms with E-state index in [0.717, 1.165) is 0 Å². The van der Waals surface area contributed by atoms with Crippen LogP contribution < -0.4 is 0 Å². The molecule has 0 atom stereocenters. The molecule has 0 radical (unpaired) electrons. The minimum atomic E-state index is 0. The van der Waals surface area contributed by atoms with Crippen LogP contribution in [0.25, 0.3) is 0 Å². The predicted molar refractivity (Wildman–Crippen MR) is 46.0 cm³/mol. The van der Waals surface area contributed by atoms with Gasteiger partial charge in [-0.05, 0) is 39.5 Å². The van der Waals surface area contributed by atoms with Crippen molar-refractivity contribution < 1.29 is 21.1 Å². The van der Waals surface area contributed by atoms with E-state index in [4.69, 9.17) is 0 Å². The van der Waals surface area contributed by atoms with Crippen LogP contribution in [-0.4, -0.2) is 0 Å². The molecule has 0 aromatic rings. The van der Waals surface area contributed by atoms with Gasteiger partial charge in [0.2, 0.25) is 0 Å². The smallest absolute Gasteiger partial charge is 0 e. The number of hydrogen-bond acceptors (Lipinski definition) is 0. The van der Waals surface area contributed by atoms with Gasteiger partial charge in [0.15, 0.2) is 0 Å². The Labute approximate surface area is 84.0 Å². The van der Waals surface area contributed by atoms with Gasteiger partial charge >= 0.3 is 0 Å². The Morgan fingerprint density at radius 2 is 1.91 bits per heavy atom. The van der Waals surface area contributed by atoms with Crippen LogP contribution in [0.5, 0.6) is 0 Å². The van der Waals surface area contributed by atoms with E-state index in [-0.39, 0.29) is 21.1 Å². The summed E-state index contributed by atoms with van der Waals surface area (Å²) in [5, 5.41) is 0. The van der Waals surface area contributed by atoms with Crippen LogP contribution >= 0.6 is 0 Å². The van der Waals surface area contributed by atoms with E-state index in [2.05, 4.69) is 26.0 Å². The molecule has 0 unspecified atom stereocenters. The van der Waals surface area contributed by atoms with Crippen molar-refractivity contribution in [1.29, 1.82) is 0 Å². The molecule has 1 aliphatic rings. The van der Waals surface area contributed by atoms with Crippen molar-refractivity contribution in [2.75, 3.05) is 0 Å². The standard InChI is InChI=1S/C10H16.Pt/c1-9-7-5-3-4-6-8-10(9)2;/h5,7H,3-4,6,8H2,1-2H3;/b7-5-,10-9-;. The molecule has 0 amide bonds. The fourth-order valence-corrected chi connectivity index (χ4v) is 1.25. The molecular formula is C10H16Pt. The summed E-state index contributed by atoms with van der Waals surface area (Å²) in [7, 11) is 0. The summed E-state index contributed by atoms with van der Waals surface area (Å²) in [5.41, 5.74) is 3.04. The molecular weight excluding hydrogens is 315 g/mol. The summed E-state index contributed by atoms with van der Waals surface area (Å²) >= 11 is 0. The van der Waals surface area contributed by atoms with Gasteiger partial charge in [-0.1, -0.05) is 23.3 Å². The first-order valence-corrected chi connectivity index (χ1v) is 4.13. The molecule has 11 heavy (non-hydrogen) atoms. The normalized spacial score (nSPS) is 28.2.